The number of nitrogens with one attached hydrogen (secondary N) is 2. The van der Waals surface area contributed by atoms with E-state index in [1.54, 1.807) is 18.4 Å². The first-order valence-electron chi connectivity index (χ1n) is 9.74. The third-order valence-electron chi connectivity index (χ3n) is 4.64. The summed E-state index contributed by atoms with van der Waals surface area (Å²) >= 11 is 2.69. The van der Waals surface area contributed by atoms with Gasteiger partial charge in [0.05, 0.1) is 22.9 Å². The highest BCUT2D eigenvalue weighted by Crippen LogP contribution is 2.32. The van der Waals surface area contributed by atoms with Gasteiger partial charge in [0.25, 0.3) is 5.91 Å². The summed E-state index contributed by atoms with van der Waals surface area (Å²) in [7, 11) is 0. The highest BCUT2D eigenvalue weighted by molar-refractivity contribution is 7.22. The Morgan fingerprint density at radius 3 is 2.80 bits per heavy atom. The maximum absolute atomic E-state index is 12.8. The predicted octanol–water partition coefficient (Wildman–Crippen LogP) is 3.71. The number of thiophene rings is 1. The number of hydrogen-bond acceptors (Lipinski definition) is 8. The van der Waals surface area contributed by atoms with Crippen LogP contribution in [0.25, 0.3) is 9.88 Å². The van der Waals surface area contributed by atoms with E-state index in [2.05, 4.69) is 20.5 Å². The molecule has 7 nitrogen and oxygen atoms in total. The number of esters is 1. The van der Waals surface area contributed by atoms with Crippen molar-refractivity contribution in [3.05, 3.63) is 52.3 Å². The summed E-state index contributed by atoms with van der Waals surface area (Å²) in [5.74, 6) is -0.588. The van der Waals surface area contributed by atoms with Crippen molar-refractivity contribution in [2.75, 3.05) is 43.0 Å². The molecule has 1 aromatic carbocycles. The van der Waals surface area contributed by atoms with Gasteiger partial charge in [-0.25, -0.2) is 9.78 Å². The summed E-state index contributed by atoms with van der Waals surface area (Å²) in [6, 6.07) is 11.4. The number of carbonyl (C=O) groups excluding carboxylic acids is 2. The third-order valence-corrected chi connectivity index (χ3v) is 6.72. The van der Waals surface area contributed by atoms with Crippen LogP contribution in [-0.2, 0) is 4.74 Å². The molecular weight excluding hydrogens is 420 g/mol. The highest BCUT2D eigenvalue weighted by atomic mass is 32.1. The number of benzene rings is 1. The number of anilines is 2. The van der Waals surface area contributed by atoms with Crippen LogP contribution in [0.4, 0.5) is 11.4 Å². The van der Waals surface area contributed by atoms with Crippen molar-refractivity contribution in [3.63, 3.8) is 0 Å². The lowest BCUT2D eigenvalue weighted by Gasteiger charge is -2.31. The molecule has 1 aliphatic heterocycles. The number of nitrogens with zero attached hydrogens (tertiary/aromatic N) is 2. The molecule has 0 saturated carbocycles. The fourth-order valence-electron chi connectivity index (χ4n) is 3.20. The van der Waals surface area contributed by atoms with Gasteiger partial charge in [0, 0.05) is 31.6 Å². The van der Waals surface area contributed by atoms with E-state index < -0.39 is 0 Å². The van der Waals surface area contributed by atoms with Crippen LogP contribution < -0.4 is 15.5 Å². The summed E-state index contributed by atoms with van der Waals surface area (Å²) in [5, 5.41) is 8.78. The van der Waals surface area contributed by atoms with Crippen molar-refractivity contribution in [2.45, 2.75) is 6.92 Å². The summed E-state index contributed by atoms with van der Waals surface area (Å²) in [6.45, 7) is 5.75. The molecule has 0 spiro atoms. The molecule has 156 valence electrons. The number of rotatable bonds is 6. The van der Waals surface area contributed by atoms with E-state index in [-0.39, 0.29) is 11.9 Å². The van der Waals surface area contributed by atoms with Gasteiger partial charge in [-0.1, -0.05) is 12.1 Å². The Hall–Kier alpha value is -2.75. The van der Waals surface area contributed by atoms with Crippen molar-refractivity contribution < 1.29 is 14.3 Å². The van der Waals surface area contributed by atoms with Gasteiger partial charge in [-0.15, -0.1) is 22.7 Å². The topological polar surface area (TPSA) is 83.6 Å². The first-order chi connectivity index (χ1) is 14.7. The second kappa shape index (κ2) is 9.38. The average Bonchev–Trinajstić information content (AvgIpc) is 3.45. The van der Waals surface area contributed by atoms with Crippen LogP contribution in [0, 0.1) is 0 Å². The summed E-state index contributed by atoms with van der Waals surface area (Å²) in [5.41, 5.74) is 2.15. The molecule has 4 rings (SSSR count). The molecule has 2 N–H and O–H groups in total. The van der Waals surface area contributed by atoms with Crippen LogP contribution in [0.5, 0.6) is 0 Å². The highest BCUT2D eigenvalue weighted by Gasteiger charge is 2.19. The lowest BCUT2D eigenvalue weighted by atomic mass is 10.2. The van der Waals surface area contributed by atoms with Crippen molar-refractivity contribution in [1.29, 1.82) is 0 Å². The molecule has 1 fully saturated rings. The molecule has 2 aromatic heterocycles. The molecule has 9 heteroatoms. The number of piperazine rings is 1. The number of thiazole rings is 1. The molecular formula is C21H22N4O3S2. The molecule has 0 aliphatic carbocycles. The number of ether oxygens (including phenoxy) is 1. The third kappa shape index (κ3) is 4.53. The van der Waals surface area contributed by atoms with Gasteiger partial charge in [0.15, 0.2) is 0 Å². The van der Waals surface area contributed by atoms with Crippen LogP contribution in [0.15, 0.2) is 41.8 Å². The van der Waals surface area contributed by atoms with E-state index >= 15 is 0 Å². The molecule has 0 atom stereocenters. The Morgan fingerprint density at radius 1 is 1.20 bits per heavy atom. The van der Waals surface area contributed by atoms with E-state index in [1.807, 2.05) is 30.3 Å². The number of para-hydroxylation sites is 2. The first kappa shape index (κ1) is 20.5. The minimum atomic E-state index is -0.340. The Bertz CT molecular complexity index is 1040. The zero-order valence-corrected chi connectivity index (χ0v) is 18.1. The van der Waals surface area contributed by atoms with E-state index in [1.165, 1.54) is 22.7 Å². The van der Waals surface area contributed by atoms with Crippen LogP contribution in [0.2, 0.25) is 0 Å². The quantitative estimate of drug-likeness (QED) is 0.566. The SMILES string of the molecule is CCOC(=O)c1ccc(-c2nc(C(=O)Nc3ccccc3N3CCNCC3)cs2)s1. The van der Waals surface area contributed by atoms with Crippen molar-refractivity contribution in [3.8, 4) is 9.88 Å². The number of amides is 1. The second-order valence-electron chi connectivity index (χ2n) is 6.63. The first-order valence-corrected chi connectivity index (χ1v) is 11.4. The smallest absolute Gasteiger partial charge is 0.348 e. The van der Waals surface area contributed by atoms with E-state index in [9.17, 15) is 9.59 Å². The van der Waals surface area contributed by atoms with Crippen molar-refractivity contribution in [1.82, 2.24) is 10.3 Å². The number of aromatic nitrogens is 1. The monoisotopic (exact) mass is 442 g/mol. The summed E-state index contributed by atoms with van der Waals surface area (Å²) in [6.07, 6.45) is 0. The lowest BCUT2D eigenvalue weighted by molar-refractivity contribution is 0.0532. The van der Waals surface area contributed by atoms with Crippen LogP contribution in [0.3, 0.4) is 0 Å². The van der Waals surface area contributed by atoms with Gasteiger partial charge in [-0.2, -0.15) is 0 Å². The fraction of sp³-hybridized carbons (Fsp3) is 0.286. The van der Waals surface area contributed by atoms with Gasteiger partial charge in [-0.3, -0.25) is 4.79 Å². The zero-order valence-electron chi connectivity index (χ0n) is 16.5. The van der Waals surface area contributed by atoms with Crippen LogP contribution in [-0.4, -0.2) is 49.6 Å². The van der Waals surface area contributed by atoms with Crippen molar-refractivity contribution in [2.24, 2.45) is 0 Å². The van der Waals surface area contributed by atoms with Gasteiger partial charge in [0.2, 0.25) is 0 Å². The maximum Gasteiger partial charge on any atom is 0.348 e. The second-order valence-corrected chi connectivity index (χ2v) is 8.57. The normalized spacial score (nSPS) is 13.8. The summed E-state index contributed by atoms with van der Waals surface area (Å²) in [4.78, 5) is 32.8. The predicted molar refractivity (Wildman–Crippen MR) is 121 cm³/mol. The van der Waals surface area contributed by atoms with Gasteiger partial charge in [-0.05, 0) is 31.2 Å². The molecule has 1 aliphatic rings. The van der Waals surface area contributed by atoms with Crippen LogP contribution in [0.1, 0.15) is 27.1 Å². The Morgan fingerprint density at radius 2 is 2.00 bits per heavy atom. The minimum Gasteiger partial charge on any atom is -0.462 e. The van der Waals surface area contributed by atoms with E-state index in [0.29, 0.717) is 22.2 Å². The maximum atomic E-state index is 12.8. The Labute approximate surface area is 182 Å². The minimum absolute atomic E-state index is 0.248. The molecule has 1 saturated heterocycles. The summed E-state index contributed by atoms with van der Waals surface area (Å²) < 4.78 is 5.03. The van der Waals surface area contributed by atoms with Crippen molar-refractivity contribution >= 4 is 45.9 Å². The molecule has 0 radical (unpaired) electrons. The molecule has 0 bridgehead atoms. The molecule has 30 heavy (non-hydrogen) atoms. The largest absolute Gasteiger partial charge is 0.462 e. The molecule has 1 amide bonds. The number of carbonyl (C=O) groups is 2. The average molecular weight is 443 g/mol. The standard InChI is InChI=1S/C21H22N4O3S2/c1-2-28-21(27)18-8-7-17(30-18)20-24-15(13-29-20)19(26)23-14-5-3-4-6-16(14)25-11-9-22-10-12-25/h3-8,13,22H,2,9-12H2,1H3,(H,23,26). The molecule has 0 unspecified atom stereocenters. The lowest BCUT2D eigenvalue weighted by Crippen LogP contribution is -2.43. The van der Waals surface area contributed by atoms with Gasteiger partial charge in [0.1, 0.15) is 15.6 Å². The Kier molecular flexibility index (Phi) is 6.41. The zero-order chi connectivity index (χ0) is 20.9. The molecule has 3 heterocycles. The van der Waals surface area contributed by atoms with E-state index in [0.717, 1.165) is 42.4 Å². The van der Waals surface area contributed by atoms with Crippen LogP contribution >= 0.6 is 22.7 Å². The molecule has 3 aromatic rings. The van der Waals surface area contributed by atoms with Gasteiger partial charge >= 0.3 is 5.97 Å². The van der Waals surface area contributed by atoms with E-state index in [4.69, 9.17) is 4.74 Å². The number of hydrogen-bond donors (Lipinski definition) is 2. The van der Waals surface area contributed by atoms with Gasteiger partial charge < -0.3 is 20.3 Å². The fourth-order valence-corrected chi connectivity index (χ4v) is 4.98. The Balaban J connectivity index is 1.48.